The Hall–Kier alpha value is -2.75. The van der Waals surface area contributed by atoms with Gasteiger partial charge in [-0.3, -0.25) is 14.6 Å². The highest BCUT2D eigenvalue weighted by molar-refractivity contribution is 6.00. The van der Waals surface area contributed by atoms with Crippen molar-refractivity contribution in [3.63, 3.8) is 0 Å². The number of nitrogens with two attached hydrogens (primary N) is 1. The summed E-state index contributed by atoms with van der Waals surface area (Å²) in [4.78, 5) is 24.0. The first-order chi connectivity index (χ1) is 14.3. The maximum atomic E-state index is 11.2. The second kappa shape index (κ2) is 16.1. The van der Waals surface area contributed by atoms with Crippen LogP contribution in [0.3, 0.4) is 0 Å². The number of unbranched alkanes of at least 4 members (excludes halogenated alkanes) is 1. The van der Waals surface area contributed by atoms with Crippen molar-refractivity contribution >= 4 is 17.8 Å². The highest BCUT2D eigenvalue weighted by Gasteiger charge is 2.07. The second-order valence-electron chi connectivity index (χ2n) is 7.24. The lowest BCUT2D eigenvalue weighted by Gasteiger charge is -2.14. The van der Waals surface area contributed by atoms with Gasteiger partial charge in [-0.05, 0) is 74.8 Å². The molecule has 1 heterocycles. The number of benzene rings is 1. The molecule has 0 saturated carbocycles. The zero-order valence-electron chi connectivity index (χ0n) is 19.4. The minimum Gasteiger partial charge on any atom is -0.372 e. The number of amides is 1. The first kappa shape index (κ1) is 27.2. The minimum atomic E-state index is 0.116. The van der Waals surface area contributed by atoms with Crippen LogP contribution in [0.1, 0.15) is 83.0 Å². The molecule has 1 aromatic heterocycles. The number of rotatable bonds is 7. The number of nitrogens with zero attached hydrogens (tertiary/aromatic N) is 1. The van der Waals surface area contributed by atoms with Crippen LogP contribution in [0.5, 0.6) is 0 Å². The van der Waals surface area contributed by atoms with Crippen molar-refractivity contribution in [2.45, 2.75) is 73.1 Å². The quantitative estimate of drug-likeness (QED) is 0.433. The van der Waals surface area contributed by atoms with Gasteiger partial charge in [-0.25, -0.2) is 0 Å². The Morgan fingerprint density at radius 1 is 1.07 bits per heavy atom. The van der Waals surface area contributed by atoms with E-state index in [0.717, 1.165) is 28.3 Å². The first-order valence-electron chi connectivity index (χ1n) is 10.6. The number of primary amides is 1. The summed E-state index contributed by atoms with van der Waals surface area (Å²) >= 11 is 0. The van der Waals surface area contributed by atoms with E-state index in [-0.39, 0.29) is 12.2 Å². The summed E-state index contributed by atoms with van der Waals surface area (Å²) in [6.45, 7) is 11.9. The maximum absolute atomic E-state index is 11.2. The minimum absolute atomic E-state index is 0.116. The van der Waals surface area contributed by atoms with Gasteiger partial charge < -0.3 is 5.73 Å². The van der Waals surface area contributed by atoms with Crippen LogP contribution in [-0.2, 0) is 9.59 Å². The van der Waals surface area contributed by atoms with Crippen LogP contribution in [0, 0.1) is 6.92 Å². The molecule has 1 unspecified atom stereocenters. The van der Waals surface area contributed by atoms with Gasteiger partial charge in [0, 0.05) is 11.9 Å². The average Bonchev–Trinajstić information content (AvgIpc) is 2.75. The molecule has 0 aliphatic rings. The van der Waals surface area contributed by atoms with Gasteiger partial charge in [0.25, 0.3) is 0 Å². The van der Waals surface area contributed by atoms with E-state index in [9.17, 15) is 4.79 Å². The van der Waals surface area contributed by atoms with Crippen molar-refractivity contribution in [1.29, 1.82) is 0 Å². The number of carbonyl (C=O) groups is 2. The molecule has 0 bridgehead atoms. The van der Waals surface area contributed by atoms with Gasteiger partial charge in [0.2, 0.25) is 6.41 Å². The highest BCUT2D eigenvalue weighted by Crippen LogP contribution is 2.24. The summed E-state index contributed by atoms with van der Waals surface area (Å²) in [5.41, 5.74) is 9.52. The molecule has 2 aromatic rings. The van der Waals surface area contributed by atoms with Gasteiger partial charge in [-0.15, -0.1) is 0 Å². The lowest BCUT2D eigenvalue weighted by atomic mass is 9.91. The fraction of sp³-hybridized carbons (Fsp3) is 0.423. The number of carbonyl (C=O) groups excluding carboxylic acids is 2. The number of hydrogen-bond donors (Lipinski definition) is 1. The van der Waals surface area contributed by atoms with E-state index in [1.165, 1.54) is 31.2 Å². The molecule has 4 nitrogen and oxygen atoms in total. The van der Waals surface area contributed by atoms with E-state index >= 15 is 0 Å². The molecular weight excluding hydrogens is 372 g/mol. The molecule has 0 saturated heterocycles. The van der Waals surface area contributed by atoms with Crippen molar-refractivity contribution in [1.82, 2.24) is 4.98 Å². The predicted octanol–water partition coefficient (Wildman–Crippen LogP) is 6.24. The number of hydrogen-bond acceptors (Lipinski definition) is 3. The molecule has 0 spiro atoms. The summed E-state index contributed by atoms with van der Waals surface area (Å²) in [6, 6.07) is 14.8. The maximum Gasteiger partial charge on any atom is 0.204 e. The standard InChI is InChI=1S/C13H20.C12H15NO.CH3NO/c1-3-5-9-12(4-2)13-10-7-6-8-11-13;1-8(11(4)14)9(2)12-6-5-7-13-10(12)3;2-1-3/h6-8,10-12H,3-5,9H2,1-2H3;5-7H,1-4H3;1H,(H2,2,3)/b;9-8+;. The van der Waals surface area contributed by atoms with Crippen LogP contribution in [-0.4, -0.2) is 17.2 Å². The molecule has 1 atom stereocenters. The molecule has 0 radical (unpaired) electrons. The van der Waals surface area contributed by atoms with Crippen molar-refractivity contribution in [2.75, 3.05) is 0 Å². The Balaban J connectivity index is 0.000000497. The monoisotopic (exact) mass is 410 g/mol. The number of aryl methyl sites for hydroxylation is 1. The average molecular weight is 411 g/mol. The molecule has 1 amide bonds. The van der Waals surface area contributed by atoms with Crippen LogP contribution in [0.2, 0.25) is 0 Å². The fourth-order valence-electron chi connectivity index (χ4n) is 3.13. The summed E-state index contributed by atoms with van der Waals surface area (Å²) < 4.78 is 0. The molecule has 0 aliphatic heterocycles. The van der Waals surface area contributed by atoms with Gasteiger partial charge in [-0.2, -0.15) is 0 Å². The van der Waals surface area contributed by atoms with Crippen LogP contribution in [0.15, 0.2) is 54.2 Å². The van der Waals surface area contributed by atoms with Gasteiger partial charge in [0.05, 0.1) is 0 Å². The van der Waals surface area contributed by atoms with Gasteiger partial charge in [0.15, 0.2) is 5.78 Å². The van der Waals surface area contributed by atoms with Crippen molar-refractivity contribution in [3.8, 4) is 0 Å². The topological polar surface area (TPSA) is 73.1 Å². The molecule has 1 aromatic carbocycles. The largest absolute Gasteiger partial charge is 0.372 e. The van der Waals surface area contributed by atoms with E-state index in [1.54, 1.807) is 13.1 Å². The van der Waals surface area contributed by atoms with E-state index in [2.05, 4.69) is 54.9 Å². The Bertz CT molecular complexity index is 783. The molecular formula is C26H38N2O2. The Morgan fingerprint density at radius 3 is 2.13 bits per heavy atom. The van der Waals surface area contributed by atoms with Gasteiger partial charge in [-0.1, -0.05) is 63.1 Å². The smallest absolute Gasteiger partial charge is 0.204 e. The number of ketones is 1. The Labute approximate surface area is 182 Å². The van der Waals surface area contributed by atoms with E-state index in [4.69, 9.17) is 4.79 Å². The lowest BCUT2D eigenvalue weighted by molar-refractivity contribution is -0.113. The molecule has 2 rings (SSSR count). The third-order valence-corrected chi connectivity index (χ3v) is 5.17. The van der Waals surface area contributed by atoms with Gasteiger partial charge >= 0.3 is 0 Å². The van der Waals surface area contributed by atoms with Crippen molar-refractivity contribution in [2.24, 2.45) is 5.73 Å². The van der Waals surface area contributed by atoms with E-state index in [0.29, 0.717) is 0 Å². The van der Waals surface area contributed by atoms with Crippen LogP contribution < -0.4 is 5.73 Å². The normalized spacial score (nSPS) is 11.7. The highest BCUT2D eigenvalue weighted by atomic mass is 16.1. The second-order valence-corrected chi connectivity index (χ2v) is 7.24. The summed E-state index contributed by atoms with van der Waals surface area (Å²) in [6.07, 6.45) is 7.28. The summed E-state index contributed by atoms with van der Waals surface area (Å²) in [5, 5.41) is 0. The molecule has 2 N–H and O–H groups in total. The molecule has 164 valence electrons. The number of aromatic nitrogens is 1. The molecule has 0 aliphatic carbocycles. The Kier molecular flexibility index (Phi) is 14.6. The molecule has 0 fully saturated rings. The Morgan fingerprint density at radius 2 is 1.67 bits per heavy atom. The van der Waals surface area contributed by atoms with E-state index < -0.39 is 0 Å². The van der Waals surface area contributed by atoms with Crippen LogP contribution in [0.4, 0.5) is 0 Å². The molecule has 4 heteroatoms. The summed E-state index contributed by atoms with van der Waals surface area (Å²) in [5.74, 6) is 0.895. The first-order valence-corrected chi connectivity index (χ1v) is 10.6. The SMILES string of the molecule is CC(=O)/C(C)=C(\C)c1cccnc1C.CCCCC(CC)c1ccccc1.NC=O. The summed E-state index contributed by atoms with van der Waals surface area (Å²) in [7, 11) is 0. The third kappa shape index (κ3) is 10.1. The number of Topliss-reactive ketones (excluding diaryl/α,β-unsaturated/α-hetero) is 1. The van der Waals surface area contributed by atoms with Crippen molar-refractivity contribution in [3.05, 3.63) is 71.1 Å². The predicted molar refractivity (Wildman–Crippen MR) is 127 cm³/mol. The number of pyridine rings is 1. The van der Waals surface area contributed by atoms with Crippen LogP contribution in [0.25, 0.3) is 5.57 Å². The third-order valence-electron chi connectivity index (χ3n) is 5.17. The molecule has 30 heavy (non-hydrogen) atoms. The zero-order chi connectivity index (χ0) is 22.9. The van der Waals surface area contributed by atoms with Gasteiger partial charge in [0.1, 0.15) is 0 Å². The van der Waals surface area contributed by atoms with Crippen molar-refractivity contribution < 1.29 is 9.59 Å². The zero-order valence-corrected chi connectivity index (χ0v) is 19.4. The van der Waals surface area contributed by atoms with E-state index in [1.807, 2.05) is 32.9 Å². The number of allylic oxidation sites excluding steroid dienone is 2. The lowest BCUT2D eigenvalue weighted by Crippen LogP contribution is -1.97. The fourth-order valence-corrected chi connectivity index (χ4v) is 3.13. The van der Waals surface area contributed by atoms with Crippen LogP contribution >= 0.6 is 0 Å².